The van der Waals surface area contributed by atoms with Crippen LogP contribution in [0, 0.1) is 12.8 Å². The third-order valence-electron chi connectivity index (χ3n) is 7.98. The molecule has 4 aromatic rings. The normalized spacial score (nSPS) is 14.7. The van der Waals surface area contributed by atoms with Crippen molar-refractivity contribution in [3.05, 3.63) is 84.1 Å². The Morgan fingerprint density at radius 1 is 0.950 bits per heavy atom. The molecule has 210 valence electrons. The van der Waals surface area contributed by atoms with Crippen molar-refractivity contribution in [3.8, 4) is 18.6 Å². The van der Waals surface area contributed by atoms with Crippen molar-refractivity contribution in [2.75, 3.05) is 39.3 Å². The molecule has 1 fully saturated rings. The number of likely N-dealkylation sites (tertiary alicyclic amines) is 1. The lowest BCUT2D eigenvalue weighted by atomic mass is 9.88. The first-order chi connectivity index (χ1) is 19.7. The summed E-state index contributed by atoms with van der Waals surface area (Å²) in [6.45, 7) is 12.6. The number of fused-ring (bicyclic) bond motifs is 2. The van der Waals surface area contributed by atoms with Gasteiger partial charge in [0.1, 0.15) is 11.3 Å². The summed E-state index contributed by atoms with van der Waals surface area (Å²) >= 11 is 0. The van der Waals surface area contributed by atoms with Crippen LogP contribution in [0.5, 0.6) is 5.75 Å². The van der Waals surface area contributed by atoms with Crippen LogP contribution in [0.1, 0.15) is 63.7 Å². The van der Waals surface area contributed by atoms with Gasteiger partial charge in [0.05, 0.1) is 17.7 Å². The van der Waals surface area contributed by atoms with Crippen LogP contribution in [0.25, 0.3) is 27.4 Å². The van der Waals surface area contributed by atoms with E-state index in [0.29, 0.717) is 5.92 Å². The Kier molecular flexibility index (Phi) is 10.7. The van der Waals surface area contributed by atoms with Gasteiger partial charge in [-0.05, 0) is 93.1 Å². The second-order valence-electron chi connectivity index (χ2n) is 10.4. The fourth-order valence-electron chi connectivity index (χ4n) is 5.85. The summed E-state index contributed by atoms with van der Waals surface area (Å²) in [7, 11) is 0. The van der Waals surface area contributed by atoms with E-state index in [1.165, 1.54) is 34.9 Å². The minimum absolute atomic E-state index is 0.669. The Labute approximate surface area is 240 Å². The number of hydrogen-bond donors (Lipinski definition) is 0. The van der Waals surface area contributed by atoms with E-state index < -0.39 is 0 Å². The van der Waals surface area contributed by atoms with E-state index in [1.807, 2.05) is 12.1 Å². The molecule has 1 aliphatic heterocycles. The van der Waals surface area contributed by atoms with Crippen molar-refractivity contribution in [2.24, 2.45) is 0 Å². The second-order valence-corrected chi connectivity index (χ2v) is 10.4. The molecule has 0 amide bonds. The molecule has 0 saturated carbocycles. The lowest BCUT2D eigenvalue weighted by Crippen LogP contribution is -2.34. The predicted molar refractivity (Wildman–Crippen MR) is 170 cm³/mol. The number of allylic oxidation sites excluding steroid dienone is 1. The predicted octanol–water partition coefficient (Wildman–Crippen LogP) is 8.58. The van der Waals surface area contributed by atoms with Gasteiger partial charge >= 0.3 is 0 Å². The standard InChI is InChI=1S/C34H42N2O2.C2H2/c1-4-11-31(36(5-2)6-3)34-25-30-32(14-9-15-33(30)38-34)37-23-10-20-35-21-18-27(19-22-35)29-17-16-26-12-7-8-13-28(26)24-29;1-2/h7-9,11-17,24-25,27H,4-6,10,18-23H2,1-3H3;1-2H/b31-11+;. The number of benzene rings is 3. The number of hydrogen-bond acceptors (Lipinski definition) is 4. The van der Waals surface area contributed by atoms with Gasteiger partial charge in [0, 0.05) is 19.6 Å². The molecule has 5 rings (SSSR count). The molecule has 1 aliphatic rings. The zero-order valence-corrected chi connectivity index (χ0v) is 24.4. The number of ether oxygens (including phenoxy) is 1. The van der Waals surface area contributed by atoms with Crippen LogP contribution >= 0.6 is 0 Å². The van der Waals surface area contributed by atoms with Gasteiger partial charge < -0.3 is 19.0 Å². The van der Waals surface area contributed by atoms with Crippen molar-refractivity contribution >= 4 is 27.4 Å². The van der Waals surface area contributed by atoms with Gasteiger partial charge in [-0.3, -0.25) is 0 Å². The highest BCUT2D eigenvalue weighted by molar-refractivity contribution is 5.87. The first kappa shape index (κ1) is 29.3. The van der Waals surface area contributed by atoms with Gasteiger partial charge in [-0.1, -0.05) is 61.5 Å². The summed E-state index contributed by atoms with van der Waals surface area (Å²) < 4.78 is 12.6. The van der Waals surface area contributed by atoms with Crippen LogP contribution in [0.2, 0.25) is 0 Å². The van der Waals surface area contributed by atoms with Crippen LogP contribution in [0.3, 0.4) is 0 Å². The van der Waals surface area contributed by atoms with Crippen molar-refractivity contribution in [3.63, 3.8) is 0 Å². The number of piperidine rings is 1. The summed E-state index contributed by atoms with van der Waals surface area (Å²) in [5.74, 6) is 2.52. The lowest BCUT2D eigenvalue weighted by Gasteiger charge is -2.32. The summed E-state index contributed by atoms with van der Waals surface area (Å²) in [6, 6.07) is 24.0. The Morgan fingerprint density at radius 3 is 2.42 bits per heavy atom. The number of nitrogens with zero attached hydrogens (tertiary/aromatic N) is 2. The molecule has 4 nitrogen and oxygen atoms in total. The molecule has 2 heterocycles. The molecule has 3 aromatic carbocycles. The van der Waals surface area contributed by atoms with Gasteiger partial charge in [-0.25, -0.2) is 0 Å². The maximum absolute atomic E-state index is 6.29. The molecule has 0 aliphatic carbocycles. The van der Waals surface area contributed by atoms with E-state index in [4.69, 9.17) is 9.15 Å². The maximum Gasteiger partial charge on any atom is 0.151 e. The molecule has 0 spiro atoms. The van der Waals surface area contributed by atoms with Gasteiger partial charge in [0.25, 0.3) is 0 Å². The quantitative estimate of drug-likeness (QED) is 0.142. The average molecular weight is 537 g/mol. The number of furan rings is 1. The lowest BCUT2D eigenvalue weighted by molar-refractivity contribution is 0.193. The molecule has 40 heavy (non-hydrogen) atoms. The van der Waals surface area contributed by atoms with Gasteiger partial charge in [0.2, 0.25) is 0 Å². The van der Waals surface area contributed by atoms with Crippen molar-refractivity contribution < 1.29 is 9.15 Å². The molecule has 0 N–H and O–H groups in total. The van der Waals surface area contributed by atoms with E-state index in [2.05, 4.69) is 104 Å². The fraction of sp³-hybridized carbons (Fsp3) is 0.389. The van der Waals surface area contributed by atoms with Crippen LogP contribution in [-0.4, -0.2) is 49.1 Å². The van der Waals surface area contributed by atoms with Crippen LogP contribution in [0.15, 0.2) is 77.2 Å². The van der Waals surface area contributed by atoms with Crippen molar-refractivity contribution in [2.45, 2.75) is 52.4 Å². The third-order valence-corrected chi connectivity index (χ3v) is 7.98. The molecule has 4 heteroatoms. The Morgan fingerprint density at radius 2 is 1.70 bits per heavy atom. The Bertz CT molecular complexity index is 1400. The monoisotopic (exact) mass is 536 g/mol. The van der Waals surface area contributed by atoms with Crippen LogP contribution < -0.4 is 4.74 Å². The third kappa shape index (κ3) is 6.90. The molecular weight excluding hydrogens is 492 g/mol. The van der Waals surface area contributed by atoms with E-state index in [9.17, 15) is 0 Å². The van der Waals surface area contributed by atoms with Gasteiger partial charge in [0.15, 0.2) is 5.76 Å². The van der Waals surface area contributed by atoms with Crippen LogP contribution in [0.4, 0.5) is 0 Å². The molecule has 1 saturated heterocycles. The summed E-state index contributed by atoms with van der Waals surface area (Å²) in [5, 5.41) is 3.75. The fourth-order valence-corrected chi connectivity index (χ4v) is 5.85. The van der Waals surface area contributed by atoms with Gasteiger partial charge in [-0.2, -0.15) is 0 Å². The highest BCUT2D eigenvalue weighted by Crippen LogP contribution is 2.33. The van der Waals surface area contributed by atoms with Crippen molar-refractivity contribution in [1.29, 1.82) is 0 Å². The first-order valence-corrected chi connectivity index (χ1v) is 14.8. The Hall–Kier alpha value is -3.68. The van der Waals surface area contributed by atoms with E-state index in [-0.39, 0.29) is 0 Å². The van der Waals surface area contributed by atoms with Crippen molar-refractivity contribution in [1.82, 2.24) is 9.80 Å². The maximum atomic E-state index is 6.29. The average Bonchev–Trinajstić information content (AvgIpc) is 3.45. The molecule has 0 unspecified atom stereocenters. The number of terminal acetylenes is 1. The van der Waals surface area contributed by atoms with E-state index in [1.54, 1.807) is 0 Å². The topological polar surface area (TPSA) is 28.9 Å². The molecule has 0 radical (unpaired) electrons. The minimum atomic E-state index is 0.669. The first-order valence-electron chi connectivity index (χ1n) is 14.8. The molecule has 1 aromatic heterocycles. The molecule has 0 bridgehead atoms. The second kappa shape index (κ2) is 14.6. The molecule has 0 atom stereocenters. The molecular formula is C36H44N2O2. The van der Waals surface area contributed by atoms with E-state index in [0.717, 1.165) is 74.7 Å². The van der Waals surface area contributed by atoms with Gasteiger partial charge in [-0.15, -0.1) is 12.8 Å². The highest BCUT2D eigenvalue weighted by atomic mass is 16.5. The smallest absolute Gasteiger partial charge is 0.151 e. The Balaban J connectivity index is 0.00000181. The summed E-state index contributed by atoms with van der Waals surface area (Å²) in [5.41, 5.74) is 3.56. The SMILES string of the molecule is C#C.CC/C=C(\c1cc2c(OCCCN3CCC(c4ccc5ccccc5c4)CC3)cccc2o1)N(CC)CC. The minimum Gasteiger partial charge on any atom is -0.493 e. The summed E-state index contributed by atoms with van der Waals surface area (Å²) in [6.07, 6.45) is 14.7. The van der Waals surface area contributed by atoms with E-state index >= 15 is 0 Å². The largest absolute Gasteiger partial charge is 0.493 e. The zero-order chi connectivity index (χ0) is 28.3. The highest BCUT2D eigenvalue weighted by Gasteiger charge is 2.21. The summed E-state index contributed by atoms with van der Waals surface area (Å²) in [4.78, 5) is 4.95. The van der Waals surface area contributed by atoms with Crippen LogP contribution in [-0.2, 0) is 0 Å². The zero-order valence-electron chi connectivity index (χ0n) is 24.4. The number of rotatable bonds is 11.